The minimum atomic E-state index is -0.834. The second-order valence-corrected chi connectivity index (χ2v) is 5.51. The summed E-state index contributed by atoms with van der Waals surface area (Å²) in [6.07, 6.45) is 3.31. The first-order chi connectivity index (χ1) is 10.6. The maximum atomic E-state index is 12.1. The van der Waals surface area contributed by atoms with Gasteiger partial charge in [-0.3, -0.25) is 9.59 Å². The first-order valence-corrected chi connectivity index (χ1v) is 8.01. The molecule has 0 bridgehead atoms. The number of hydrogen-bond acceptors (Lipinski definition) is 5. The molecule has 1 aromatic heterocycles. The molecule has 118 valence electrons. The highest BCUT2D eigenvalue weighted by atomic mass is 32.1. The van der Waals surface area contributed by atoms with E-state index in [4.69, 9.17) is 4.74 Å². The smallest absolute Gasteiger partial charge is 0.397 e. The van der Waals surface area contributed by atoms with E-state index in [0.717, 1.165) is 5.56 Å². The molecule has 7 heteroatoms. The van der Waals surface area contributed by atoms with Crippen molar-refractivity contribution in [2.24, 2.45) is 0 Å². The molecule has 1 aliphatic heterocycles. The Labute approximate surface area is 133 Å². The van der Waals surface area contributed by atoms with E-state index in [9.17, 15) is 14.4 Å². The fourth-order valence-corrected chi connectivity index (χ4v) is 2.72. The molecule has 6 nitrogen and oxygen atoms in total. The second-order valence-electron chi connectivity index (χ2n) is 4.73. The predicted octanol–water partition coefficient (Wildman–Crippen LogP) is 0.995. The van der Waals surface area contributed by atoms with Gasteiger partial charge in [0.1, 0.15) is 0 Å². The molecule has 0 unspecified atom stereocenters. The van der Waals surface area contributed by atoms with Crippen molar-refractivity contribution in [3.8, 4) is 0 Å². The molecular formula is C15H18N2O4S. The summed E-state index contributed by atoms with van der Waals surface area (Å²) in [6.45, 7) is 3.35. The number of amides is 2. The number of hydrogen-bond donors (Lipinski definition) is 0. The highest BCUT2D eigenvalue weighted by molar-refractivity contribution is 7.08. The minimum Gasteiger partial charge on any atom is -0.459 e. The number of nitrogens with zero attached hydrogens (tertiary/aromatic N) is 2. The normalized spacial score (nSPS) is 15.1. The van der Waals surface area contributed by atoms with E-state index in [1.54, 1.807) is 29.2 Å². The minimum absolute atomic E-state index is 0.0885. The molecule has 0 aliphatic carbocycles. The van der Waals surface area contributed by atoms with Gasteiger partial charge in [-0.25, -0.2) is 4.79 Å². The molecule has 2 rings (SSSR count). The Morgan fingerprint density at radius 1 is 1.23 bits per heavy atom. The molecule has 0 saturated carbocycles. The van der Waals surface area contributed by atoms with Crippen LogP contribution in [0.2, 0.25) is 0 Å². The lowest BCUT2D eigenvalue weighted by Crippen LogP contribution is -2.52. The molecule has 1 saturated heterocycles. The van der Waals surface area contributed by atoms with E-state index in [2.05, 4.69) is 0 Å². The van der Waals surface area contributed by atoms with Crippen LogP contribution in [-0.4, -0.2) is 60.4 Å². The third kappa shape index (κ3) is 4.17. The van der Waals surface area contributed by atoms with Crippen molar-refractivity contribution in [2.75, 3.05) is 32.8 Å². The van der Waals surface area contributed by atoms with Gasteiger partial charge in [0.05, 0.1) is 6.61 Å². The van der Waals surface area contributed by atoms with Crippen molar-refractivity contribution in [3.63, 3.8) is 0 Å². The molecule has 1 fully saturated rings. The molecular weight excluding hydrogens is 304 g/mol. The Hall–Kier alpha value is -2.15. The summed E-state index contributed by atoms with van der Waals surface area (Å²) in [5, 5.41) is 3.91. The zero-order valence-electron chi connectivity index (χ0n) is 12.4. The van der Waals surface area contributed by atoms with Crippen LogP contribution in [0.1, 0.15) is 12.5 Å². The first-order valence-electron chi connectivity index (χ1n) is 7.07. The van der Waals surface area contributed by atoms with Gasteiger partial charge in [0.25, 0.3) is 0 Å². The van der Waals surface area contributed by atoms with Crippen LogP contribution in [-0.2, 0) is 19.1 Å². The van der Waals surface area contributed by atoms with Crippen LogP contribution in [0.25, 0.3) is 6.08 Å². The second kappa shape index (κ2) is 7.74. The Morgan fingerprint density at radius 2 is 1.91 bits per heavy atom. The number of carbonyl (C=O) groups is 3. The summed E-state index contributed by atoms with van der Waals surface area (Å²) in [4.78, 5) is 38.3. The Morgan fingerprint density at radius 3 is 2.50 bits per heavy atom. The standard InChI is InChI=1S/C15H18N2O4S/c1-2-21-15(20)14(19)17-8-6-16(7-9-17)13(18)4-3-12-5-10-22-11-12/h3-5,10-11H,2,6-9H2,1H3/b4-3+. The Kier molecular flexibility index (Phi) is 5.71. The first kappa shape index (κ1) is 16.2. The molecule has 0 spiro atoms. The van der Waals surface area contributed by atoms with Crippen LogP contribution in [0.3, 0.4) is 0 Å². The lowest BCUT2D eigenvalue weighted by molar-refractivity contribution is -0.161. The maximum absolute atomic E-state index is 12.1. The summed E-state index contributed by atoms with van der Waals surface area (Å²) in [7, 11) is 0. The Bertz CT molecular complexity index is 560. The molecule has 0 radical (unpaired) electrons. The lowest BCUT2D eigenvalue weighted by atomic mass is 10.2. The largest absolute Gasteiger partial charge is 0.459 e. The van der Waals surface area contributed by atoms with Crippen molar-refractivity contribution < 1.29 is 19.1 Å². The number of piperazine rings is 1. The number of thiophene rings is 1. The van der Waals surface area contributed by atoms with E-state index in [0.29, 0.717) is 26.2 Å². The van der Waals surface area contributed by atoms with Gasteiger partial charge in [0.15, 0.2) is 0 Å². The van der Waals surface area contributed by atoms with Crippen LogP contribution >= 0.6 is 11.3 Å². The van der Waals surface area contributed by atoms with Gasteiger partial charge in [-0.2, -0.15) is 11.3 Å². The van der Waals surface area contributed by atoms with Crippen LogP contribution in [0.15, 0.2) is 22.9 Å². The third-order valence-electron chi connectivity index (χ3n) is 3.29. The average molecular weight is 322 g/mol. The summed E-state index contributed by atoms with van der Waals surface area (Å²) >= 11 is 1.57. The van der Waals surface area contributed by atoms with Crippen LogP contribution < -0.4 is 0 Å². The SMILES string of the molecule is CCOC(=O)C(=O)N1CCN(C(=O)/C=C/c2ccsc2)CC1. The number of esters is 1. The zero-order valence-corrected chi connectivity index (χ0v) is 13.2. The summed E-state index contributed by atoms with van der Waals surface area (Å²) < 4.78 is 4.69. The highest BCUT2D eigenvalue weighted by Gasteiger charge is 2.27. The van der Waals surface area contributed by atoms with E-state index < -0.39 is 11.9 Å². The van der Waals surface area contributed by atoms with Crippen LogP contribution in [0.5, 0.6) is 0 Å². The fourth-order valence-electron chi connectivity index (χ4n) is 2.09. The van der Waals surface area contributed by atoms with Crippen molar-refractivity contribution in [3.05, 3.63) is 28.5 Å². The molecule has 0 N–H and O–H groups in total. The number of carbonyl (C=O) groups excluding carboxylic acids is 3. The zero-order chi connectivity index (χ0) is 15.9. The van der Waals surface area contributed by atoms with Gasteiger partial charge in [-0.05, 0) is 35.4 Å². The quantitative estimate of drug-likeness (QED) is 0.473. The molecule has 1 aliphatic rings. The van der Waals surface area contributed by atoms with Crippen molar-refractivity contribution in [1.82, 2.24) is 9.80 Å². The van der Waals surface area contributed by atoms with Crippen molar-refractivity contribution in [1.29, 1.82) is 0 Å². The summed E-state index contributed by atoms with van der Waals surface area (Å²) in [5.74, 6) is -1.56. The predicted molar refractivity (Wildman–Crippen MR) is 83.1 cm³/mol. The highest BCUT2D eigenvalue weighted by Crippen LogP contribution is 2.09. The van der Waals surface area contributed by atoms with E-state index in [-0.39, 0.29) is 12.5 Å². The monoisotopic (exact) mass is 322 g/mol. The summed E-state index contributed by atoms with van der Waals surface area (Å²) in [5.41, 5.74) is 0.995. The van der Waals surface area contributed by atoms with Gasteiger partial charge >= 0.3 is 11.9 Å². The lowest BCUT2D eigenvalue weighted by Gasteiger charge is -2.33. The van der Waals surface area contributed by atoms with Gasteiger partial charge in [-0.1, -0.05) is 0 Å². The average Bonchev–Trinajstić information content (AvgIpc) is 3.05. The molecule has 0 atom stereocenters. The summed E-state index contributed by atoms with van der Waals surface area (Å²) in [6, 6.07) is 1.93. The van der Waals surface area contributed by atoms with E-state index in [1.165, 1.54) is 11.0 Å². The van der Waals surface area contributed by atoms with E-state index >= 15 is 0 Å². The van der Waals surface area contributed by atoms with Gasteiger partial charge in [-0.15, -0.1) is 0 Å². The molecule has 1 aromatic rings. The maximum Gasteiger partial charge on any atom is 0.397 e. The third-order valence-corrected chi connectivity index (χ3v) is 3.99. The number of ether oxygens (including phenoxy) is 1. The van der Waals surface area contributed by atoms with Gasteiger partial charge < -0.3 is 14.5 Å². The van der Waals surface area contributed by atoms with Crippen molar-refractivity contribution >= 4 is 35.2 Å². The molecule has 0 aromatic carbocycles. The molecule has 2 amide bonds. The fraction of sp³-hybridized carbons (Fsp3) is 0.400. The number of rotatable bonds is 3. The van der Waals surface area contributed by atoms with E-state index in [1.807, 2.05) is 16.8 Å². The van der Waals surface area contributed by atoms with Crippen molar-refractivity contribution in [2.45, 2.75) is 6.92 Å². The topological polar surface area (TPSA) is 66.9 Å². The van der Waals surface area contributed by atoms with Gasteiger partial charge in [0.2, 0.25) is 5.91 Å². The molecule has 2 heterocycles. The van der Waals surface area contributed by atoms with Gasteiger partial charge in [0, 0.05) is 32.3 Å². The van der Waals surface area contributed by atoms with Crippen LogP contribution in [0.4, 0.5) is 0 Å². The van der Waals surface area contributed by atoms with Crippen LogP contribution in [0, 0.1) is 0 Å². The molecule has 22 heavy (non-hydrogen) atoms. The Balaban J connectivity index is 1.82.